The Bertz CT molecular complexity index is 278. The van der Waals surface area contributed by atoms with Gasteiger partial charge in [-0.05, 0) is 25.5 Å². The molecule has 0 bridgehead atoms. The topological polar surface area (TPSA) is 44.7 Å². The van der Waals surface area contributed by atoms with Gasteiger partial charge in [-0.1, -0.05) is 6.07 Å². The van der Waals surface area contributed by atoms with E-state index in [-0.39, 0.29) is 0 Å². The predicted octanol–water partition coefficient (Wildman–Crippen LogP) is 0.949. The van der Waals surface area contributed by atoms with E-state index >= 15 is 0 Å². The Hall–Kier alpha value is -0.460. The average Bonchev–Trinajstić information content (AvgIpc) is 2.80. The Morgan fingerprint density at radius 3 is 2.94 bits per heavy atom. The van der Waals surface area contributed by atoms with Crippen LogP contribution in [-0.4, -0.2) is 56.9 Å². The van der Waals surface area contributed by atoms with Gasteiger partial charge in [-0.15, -0.1) is 11.3 Å². The molecule has 4 nitrogen and oxygen atoms in total. The molecule has 0 amide bonds. The maximum absolute atomic E-state index is 9.79. The van der Waals surface area contributed by atoms with Gasteiger partial charge >= 0.3 is 0 Å². The van der Waals surface area contributed by atoms with E-state index < -0.39 is 6.10 Å². The molecule has 1 unspecified atom stereocenters. The third kappa shape index (κ3) is 6.75. The molecule has 0 aliphatic heterocycles. The molecule has 1 rings (SSSR count). The summed E-state index contributed by atoms with van der Waals surface area (Å²) >= 11 is 1.58. The summed E-state index contributed by atoms with van der Waals surface area (Å²) in [5, 5.41) is 14.9. The van der Waals surface area contributed by atoms with Gasteiger partial charge in [0.15, 0.2) is 0 Å². The Morgan fingerprint density at radius 1 is 1.47 bits per heavy atom. The van der Waals surface area contributed by atoms with Crippen molar-refractivity contribution in [2.45, 2.75) is 6.10 Å². The molecule has 0 spiro atoms. The first kappa shape index (κ1) is 14.6. The van der Waals surface area contributed by atoms with Crippen molar-refractivity contribution in [2.75, 3.05) is 46.9 Å². The van der Waals surface area contributed by atoms with Crippen LogP contribution in [0.3, 0.4) is 0 Å². The summed E-state index contributed by atoms with van der Waals surface area (Å²) in [6.45, 7) is 3.73. The van der Waals surface area contributed by atoms with Gasteiger partial charge in [-0.3, -0.25) is 0 Å². The Balaban J connectivity index is 1.94. The number of likely N-dealkylation sites (N-methyl/N-ethyl adjacent to an activating group) is 1. The third-order valence-electron chi connectivity index (χ3n) is 2.32. The lowest BCUT2D eigenvalue weighted by atomic mass is 10.3. The van der Waals surface area contributed by atoms with Crippen molar-refractivity contribution in [2.24, 2.45) is 0 Å². The van der Waals surface area contributed by atoms with Gasteiger partial charge < -0.3 is 20.1 Å². The van der Waals surface area contributed by atoms with E-state index in [0.29, 0.717) is 13.2 Å². The van der Waals surface area contributed by atoms with Gasteiger partial charge in [0.2, 0.25) is 0 Å². The van der Waals surface area contributed by atoms with Gasteiger partial charge in [0.25, 0.3) is 0 Å². The standard InChI is InChI=1S/C12H22N2O2S/c1-14(2)6-8-16-7-5-13-10-11(15)12-4-3-9-17-12/h3-4,9,11,13,15H,5-8,10H2,1-2H3. The number of hydrogen-bond acceptors (Lipinski definition) is 5. The molecule has 98 valence electrons. The fourth-order valence-electron chi connectivity index (χ4n) is 1.31. The van der Waals surface area contributed by atoms with Gasteiger partial charge in [0.05, 0.1) is 13.2 Å². The van der Waals surface area contributed by atoms with Crippen LogP contribution in [0.4, 0.5) is 0 Å². The van der Waals surface area contributed by atoms with E-state index in [1.54, 1.807) is 11.3 Å². The van der Waals surface area contributed by atoms with Crippen molar-refractivity contribution in [1.82, 2.24) is 10.2 Å². The highest BCUT2D eigenvalue weighted by Crippen LogP contribution is 2.17. The largest absolute Gasteiger partial charge is 0.386 e. The first-order valence-corrected chi connectivity index (χ1v) is 6.73. The number of rotatable bonds is 9. The van der Waals surface area contributed by atoms with E-state index in [4.69, 9.17) is 4.74 Å². The van der Waals surface area contributed by atoms with E-state index in [1.165, 1.54) is 0 Å². The predicted molar refractivity (Wildman–Crippen MR) is 71.5 cm³/mol. The molecule has 0 aliphatic rings. The number of aliphatic hydroxyl groups excluding tert-OH is 1. The first-order valence-electron chi connectivity index (χ1n) is 5.85. The Morgan fingerprint density at radius 2 is 2.29 bits per heavy atom. The summed E-state index contributed by atoms with van der Waals surface area (Å²) in [4.78, 5) is 3.10. The molecule has 0 saturated heterocycles. The average molecular weight is 258 g/mol. The zero-order chi connectivity index (χ0) is 12.5. The monoisotopic (exact) mass is 258 g/mol. The van der Waals surface area contributed by atoms with Crippen molar-refractivity contribution in [3.05, 3.63) is 22.4 Å². The molecule has 0 radical (unpaired) electrons. The molecule has 1 aromatic rings. The molecular weight excluding hydrogens is 236 g/mol. The molecule has 0 aliphatic carbocycles. The highest BCUT2D eigenvalue weighted by molar-refractivity contribution is 7.10. The van der Waals surface area contributed by atoms with Crippen molar-refractivity contribution >= 4 is 11.3 Å². The molecule has 2 N–H and O–H groups in total. The lowest BCUT2D eigenvalue weighted by Gasteiger charge is -2.12. The summed E-state index contributed by atoms with van der Waals surface area (Å²) in [6.07, 6.45) is -0.406. The molecule has 0 saturated carbocycles. The van der Waals surface area contributed by atoms with Crippen LogP contribution in [-0.2, 0) is 4.74 Å². The van der Waals surface area contributed by atoms with Gasteiger partial charge in [0.1, 0.15) is 6.10 Å². The molecule has 5 heteroatoms. The smallest absolute Gasteiger partial charge is 0.101 e. The number of ether oxygens (including phenoxy) is 1. The lowest BCUT2D eigenvalue weighted by Crippen LogP contribution is -2.26. The van der Waals surface area contributed by atoms with Crippen LogP contribution < -0.4 is 5.32 Å². The second-order valence-corrected chi connectivity index (χ2v) is 5.13. The molecule has 1 heterocycles. The Labute approximate surface area is 107 Å². The van der Waals surface area contributed by atoms with Crippen molar-refractivity contribution in [3.8, 4) is 0 Å². The summed E-state index contributed by atoms with van der Waals surface area (Å²) in [5.41, 5.74) is 0. The van der Waals surface area contributed by atoms with E-state index in [0.717, 1.165) is 24.6 Å². The maximum Gasteiger partial charge on any atom is 0.101 e. The minimum Gasteiger partial charge on any atom is -0.386 e. The quantitative estimate of drug-likeness (QED) is 0.647. The zero-order valence-corrected chi connectivity index (χ0v) is 11.4. The van der Waals surface area contributed by atoms with Crippen LogP contribution in [0.25, 0.3) is 0 Å². The molecular formula is C12H22N2O2S. The maximum atomic E-state index is 9.79. The summed E-state index contributed by atoms with van der Waals surface area (Å²) < 4.78 is 5.43. The normalized spacial score (nSPS) is 13.2. The molecule has 1 aromatic heterocycles. The number of nitrogens with one attached hydrogen (secondary N) is 1. The molecule has 17 heavy (non-hydrogen) atoms. The SMILES string of the molecule is CN(C)CCOCCNCC(O)c1cccs1. The van der Waals surface area contributed by atoms with E-state index in [2.05, 4.69) is 10.2 Å². The number of aliphatic hydroxyl groups is 1. The van der Waals surface area contributed by atoms with Crippen LogP contribution in [0.5, 0.6) is 0 Å². The van der Waals surface area contributed by atoms with Crippen LogP contribution >= 0.6 is 11.3 Å². The minimum absolute atomic E-state index is 0.406. The summed E-state index contributed by atoms with van der Waals surface area (Å²) in [6, 6.07) is 3.90. The summed E-state index contributed by atoms with van der Waals surface area (Å²) in [5.74, 6) is 0. The fraction of sp³-hybridized carbons (Fsp3) is 0.667. The first-order chi connectivity index (χ1) is 8.20. The second kappa shape index (κ2) is 8.60. The van der Waals surface area contributed by atoms with E-state index in [1.807, 2.05) is 31.6 Å². The van der Waals surface area contributed by atoms with Gasteiger partial charge in [-0.25, -0.2) is 0 Å². The second-order valence-electron chi connectivity index (χ2n) is 4.15. The van der Waals surface area contributed by atoms with Crippen LogP contribution in [0.1, 0.15) is 11.0 Å². The lowest BCUT2D eigenvalue weighted by molar-refractivity contribution is 0.114. The van der Waals surface area contributed by atoms with Crippen LogP contribution in [0.15, 0.2) is 17.5 Å². The molecule has 1 atom stereocenters. The van der Waals surface area contributed by atoms with E-state index in [9.17, 15) is 5.11 Å². The summed E-state index contributed by atoms with van der Waals surface area (Å²) in [7, 11) is 4.05. The number of hydrogen-bond donors (Lipinski definition) is 2. The minimum atomic E-state index is -0.406. The molecule has 0 fully saturated rings. The van der Waals surface area contributed by atoms with Crippen molar-refractivity contribution in [1.29, 1.82) is 0 Å². The third-order valence-corrected chi connectivity index (χ3v) is 3.29. The van der Waals surface area contributed by atoms with Gasteiger partial charge in [0, 0.05) is 24.5 Å². The highest BCUT2D eigenvalue weighted by Gasteiger charge is 2.06. The number of thiophene rings is 1. The van der Waals surface area contributed by atoms with Crippen LogP contribution in [0, 0.1) is 0 Å². The zero-order valence-electron chi connectivity index (χ0n) is 10.6. The number of nitrogens with zero attached hydrogens (tertiary/aromatic N) is 1. The fourth-order valence-corrected chi connectivity index (χ4v) is 2.03. The van der Waals surface area contributed by atoms with Crippen LogP contribution in [0.2, 0.25) is 0 Å². The Kier molecular flexibility index (Phi) is 7.39. The van der Waals surface area contributed by atoms with Crippen molar-refractivity contribution < 1.29 is 9.84 Å². The van der Waals surface area contributed by atoms with Crippen molar-refractivity contribution in [3.63, 3.8) is 0 Å². The molecule has 0 aromatic carbocycles. The van der Waals surface area contributed by atoms with Gasteiger partial charge in [-0.2, -0.15) is 0 Å². The highest BCUT2D eigenvalue weighted by atomic mass is 32.1.